The largest absolute Gasteiger partial charge is 0.492 e. The maximum atomic E-state index is 12.3. The van der Waals surface area contributed by atoms with Gasteiger partial charge < -0.3 is 24.3 Å². The number of fused-ring (bicyclic) bond motifs is 2. The Morgan fingerprint density at radius 1 is 1.07 bits per heavy atom. The number of para-hydroxylation sites is 1. The molecule has 0 aliphatic carbocycles. The SMILES string of the molecule is O=C(COC(=O)C1COc2ccccc2C1)Nc1cc2c(cc1Br)OCCO2. The van der Waals surface area contributed by atoms with Crippen molar-refractivity contribution in [1.29, 1.82) is 0 Å². The average Bonchev–Trinajstić information content (AvgIpc) is 2.72. The van der Waals surface area contributed by atoms with Crippen LogP contribution >= 0.6 is 15.9 Å². The van der Waals surface area contributed by atoms with Gasteiger partial charge in [-0.05, 0) is 34.0 Å². The minimum Gasteiger partial charge on any atom is -0.492 e. The Morgan fingerprint density at radius 3 is 2.64 bits per heavy atom. The first-order valence-electron chi connectivity index (χ1n) is 8.86. The van der Waals surface area contributed by atoms with Gasteiger partial charge in [0.25, 0.3) is 5.91 Å². The van der Waals surface area contributed by atoms with E-state index in [-0.39, 0.29) is 13.2 Å². The third kappa shape index (κ3) is 4.06. The van der Waals surface area contributed by atoms with Gasteiger partial charge in [-0.2, -0.15) is 0 Å². The van der Waals surface area contributed by atoms with Crippen molar-refractivity contribution in [2.45, 2.75) is 6.42 Å². The third-order valence-corrected chi connectivity index (χ3v) is 5.12. The summed E-state index contributed by atoms with van der Waals surface area (Å²) < 4.78 is 22.4. The third-order valence-electron chi connectivity index (χ3n) is 4.46. The number of carbonyl (C=O) groups is 2. The second-order valence-corrected chi connectivity index (χ2v) is 7.31. The molecule has 0 saturated carbocycles. The Morgan fingerprint density at radius 2 is 1.82 bits per heavy atom. The van der Waals surface area contributed by atoms with E-state index in [1.165, 1.54) is 0 Å². The summed E-state index contributed by atoms with van der Waals surface area (Å²) in [5, 5.41) is 2.70. The van der Waals surface area contributed by atoms with Crippen LogP contribution in [-0.2, 0) is 20.7 Å². The molecule has 7 nitrogen and oxygen atoms in total. The fourth-order valence-corrected chi connectivity index (χ4v) is 3.50. The number of amides is 1. The molecule has 2 aliphatic heterocycles. The van der Waals surface area contributed by atoms with Crippen molar-refractivity contribution < 1.29 is 28.5 Å². The quantitative estimate of drug-likeness (QED) is 0.725. The number of rotatable bonds is 4. The van der Waals surface area contributed by atoms with Gasteiger partial charge in [-0.25, -0.2) is 0 Å². The number of halogens is 1. The fraction of sp³-hybridized carbons (Fsp3) is 0.300. The first-order chi connectivity index (χ1) is 13.6. The lowest BCUT2D eigenvalue weighted by Gasteiger charge is -2.23. The molecule has 2 aliphatic rings. The molecule has 1 amide bonds. The van der Waals surface area contributed by atoms with Crippen LogP contribution in [-0.4, -0.2) is 38.3 Å². The first-order valence-corrected chi connectivity index (χ1v) is 9.66. The van der Waals surface area contributed by atoms with E-state index in [0.717, 1.165) is 11.3 Å². The molecule has 0 aromatic heterocycles. The zero-order chi connectivity index (χ0) is 19.5. The highest BCUT2D eigenvalue weighted by molar-refractivity contribution is 9.10. The highest BCUT2D eigenvalue weighted by Gasteiger charge is 2.27. The van der Waals surface area contributed by atoms with Crippen molar-refractivity contribution in [3.8, 4) is 17.2 Å². The number of esters is 1. The van der Waals surface area contributed by atoms with Crippen molar-refractivity contribution in [3.63, 3.8) is 0 Å². The Hall–Kier alpha value is -2.74. The minimum absolute atomic E-state index is 0.241. The standard InChI is InChI=1S/C20H18BrNO6/c21-14-8-17-18(26-6-5-25-17)9-15(14)22-19(23)11-28-20(24)13-7-12-3-1-2-4-16(12)27-10-13/h1-4,8-9,13H,5-7,10-11H2,(H,22,23). The predicted octanol–water partition coefficient (Wildman–Crippen LogP) is 2.95. The number of nitrogens with one attached hydrogen (secondary N) is 1. The monoisotopic (exact) mass is 447 g/mol. The summed E-state index contributed by atoms with van der Waals surface area (Å²) in [7, 11) is 0. The molecule has 4 rings (SSSR count). The average molecular weight is 448 g/mol. The highest BCUT2D eigenvalue weighted by atomic mass is 79.9. The second-order valence-electron chi connectivity index (χ2n) is 6.45. The van der Waals surface area contributed by atoms with Gasteiger partial charge in [0, 0.05) is 16.6 Å². The van der Waals surface area contributed by atoms with Crippen LogP contribution in [0.2, 0.25) is 0 Å². The Kier molecular flexibility index (Phi) is 5.38. The number of ether oxygens (including phenoxy) is 4. The van der Waals surface area contributed by atoms with E-state index in [2.05, 4.69) is 21.2 Å². The van der Waals surface area contributed by atoms with Gasteiger partial charge in [0.05, 0.1) is 11.6 Å². The van der Waals surface area contributed by atoms with Crippen LogP contribution in [0.5, 0.6) is 17.2 Å². The summed E-state index contributed by atoms with van der Waals surface area (Å²) in [5.41, 5.74) is 1.47. The van der Waals surface area contributed by atoms with E-state index in [9.17, 15) is 9.59 Å². The molecule has 0 saturated heterocycles. The minimum atomic E-state index is -0.453. The van der Waals surface area contributed by atoms with E-state index in [1.807, 2.05) is 24.3 Å². The second kappa shape index (κ2) is 8.10. The van der Waals surface area contributed by atoms with Gasteiger partial charge in [0.1, 0.15) is 25.6 Å². The van der Waals surface area contributed by atoms with Crippen molar-refractivity contribution in [1.82, 2.24) is 0 Å². The van der Waals surface area contributed by atoms with Gasteiger partial charge >= 0.3 is 5.97 Å². The van der Waals surface area contributed by atoms with Gasteiger partial charge in [0.2, 0.25) is 0 Å². The van der Waals surface area contributed by atoms with Crippen LogP contribution in [0.15, 0.2) is 40.9 Å². The number of hydrogen-bond donors (Lipinski definition) is 1. The Balaban J connectivity index is 1.32. The predicted molar refractivity (Wildman–Crippen MR) is 104 cm³/mol. The summed E-state index contributed by atoms with van der Waals surface area (Å²) in [6, 6.07) is 11.0. The molecule has 2 aromatic rings. The summed E-state index contributed by atoms with van der Waals surface area (Å²) in [6.07, 6.45) is 0.532. The fourth-order valence-electron chi connectivity index (χ4n) is 3.08. The Bertz CT molecular complexity index is 916. The molecule has 28 heavy (non-hydrogen) atoms. The van der Waals surface area contributed by atoms with Crippen LogP contribution in [0.25, 0.3) is 0 Å². The molecule has 1 unspecified atom stereocenters. The molecule has 1 N–H and O–H groups in total. The summed E-state index contributed by atoms with van der Waals surface area (Å²) >= 11 is 3.39. The van der Waals surface area contributed by atoms with E-state index >= 15 is 0 Å². The van der Waals surface area contributed by atoms with E-state index < -0.39 is 17.8 Å². The van der Waals surface area contributed by atoms with Crippen LogP contribution in [0.1, 0.15) is 5.56 Å². The molecule has 8 heteroatoms. The van der Waals surface area contributed by atoms with Crippen LogP contribution < -0.4 is 19.5 Å². The summed E-state index contributed by atoms with van der Waals surface area (Å²) in [6.45, 7) is 0.797. The van der Waals surface area contributed by atoms with Gasteiger partial charge in [0.15, 0.2) is 18.1 Å². The number of benzene rings is 2. The van der Waals surface area contributed by atoms with E-state index in [4.69, 9.17) is 18.9 Å². The molecule has 2 aromatic carbocycles. The Labute approximate surface area is 170 Å². The van der Waals surface area contributed by atoms with Crippen LogP contribution in [0.3, 0.4) is 0 Å². The van der Waals surface area contributed by atoms with Crippen LogP contribution in [0, 0.1) is 5.92 Å². The lowest BCUT2D eigenvalue weighted by molar-refractivity contribution is -0.152. The molecule has 1 atom stereocenters. The molecule has 0 spiro atoms. The van der Waals surface area contributed by atoms with Crippen molar-refractivity contribution >= 4 is 33.5 Å². The first kappa shape index (κ1) is 18.6. The highest BCUT2D eigenvalue weighted by Crippen LogP contribution is 2.38. The van der Waals surface area contributed by atoms with Crippen molar-refractivity contribution in [3.05, 3.63) is 46.4 Å². The number of hydrogen-bond acceptors (Lipinski definition) is 6. The topological polar surface area (TPSA) is 83.1 Å². The van der Waals surface area contributed by atoms with E-state index in [1.54, 1.807) is 12.1 Å². The normalized spacial score (nSPS) is 17.1. The lowest BCUT2D eigenvalue weighted by atomic mass is 9.97. The summed E-state index contributed by atoms with van der Waals surface area (Å²) in [5.74, 6) is 0.630. The zero-order valence-electron chi connectivity index (χ0n) is 14.9. The summed E-state index contributed by atoms with van der Waals surface area (Å²) in [4.78, 5) is 24.5. The molecular weight excluding hydrogens is 430 g/mol. The molecule has 0 radical (unpaired) electrons. The lowest BCUT2D eigenvalue weighted by Crippen LogP contribution is -2.32. The number of anilines is 1. The molecule has 2 heterocycles. The van der Waals surface area contributed by atoms with E-state index in [0.29, 0.717) is 41.3 Å². The molecule has 0 bridgehead atoms. The zero-order valence-corrected chi connectivity index (χ0v) is 16.5. The molecular formula is C20H18BrNO6. The number of carbonyl (C=O) groups excluding carboxylic acids is 2. The van der Waals surface area contributed by atoms with Gasteiger partial charge in [-0.15, -0.1) is 0 Å². The maximum absolute atomic E-state index is 12.3. The smallest absolute Gasteiger partial charge is 0.313 e. The maximum Gasteiger partial charge on any atom is 0.313 e. The van der Waals surface area contributed by atoms with Gasteiger partial charge in [-0.1, -0.05) is 18.2 Å². The molecule has 0 fully saturated rings. The van der Waals surface area contributed by atoms with Crippen LogP contribution in [0.4, 0.5) is 5.69 Å². The van der Waals surface area contributed by atoms with Gasteiger partial charge in [-0.3, -0.25) is 9.59 Å². The van der Waals surface area contributed by atoms with Crippen molar-refractivity contribution in [2.24, 2.45) is 5.92 Å². The molecule has 146 valence electrons. The van der Waals surface area contributed by atoms with Crippen molar-refractivity contribution in [2.75, 3.05) is 31.7 Å².